The number of nitrogens with one attached hydrogen (secondary N) is 1. The Morgan fingerprint density at radius 3 is 2.29 bits per heavy atom. The summed E-state index contributed by atoms with van der Waals surface area (Å²) in [5.41, 5.74) is 1.29. The van der Waals surface area contributed by atoms with Crippen LogP contribution >= 0.6 is 0 Å². The molecule has 1 aromatic rings. The van der Waals surface area contributed by atoms with Gasteiger partial charge in [0.25, 0.3) is 0 Å². The first kappa shape index (κ1) is 15.9. The highest BCUT2D eigenvalue weighted by molar-refractivity contribution is 5.78. The third kappa shape index (κ3) is 3.04. The molecule has 0 bridgehead atoms. The number of piperidine rings is 1. The quantitative estimate of drug-likeness (QED) is 0.921. The van der Waals surface area contributed by atoms with Crippen molar-refractivity contribution in [3.63, 3.8) is 0 Å². The number of hydrogen-bond donors (Lipinski definition) is 1. The second-order valence-corrected chi connectivity index (χ2v) is 7.54. The molecule has 0 aromatic heterocycles. The number of rotatable bonds is 3. The third-order valence-corrected chi connectivity index (χ3v) is 6.07. The van der Waals surface area contributed by atoms with Crippen LogP contribution in [0, 0.1) is 0 Å². The van der Waals surface area contributed by atoms with Crippen molar-refractivity contribution in [2.24, 2.45) is 0 Å². The lowest BCUT2D eigenvalue weighted by Crippen LogP contribution is -2.47. The molecule has 1 N–H and O–H groups in total. The lowest BCUT2D eigenvalue weighted by Gasteiger charge is -2.36. The van der Waals surface area contributed by atoms with Crippen molar-refractivity contribution in [3.05, 3.63) is 35.9 Å². The largest absolute Gasteiger partial charge is 0.321 e. The summed E-state index contributed by atoms with van der Waals surface area (Å²) < 4.78 is 0. The fourth-order valence-electron chi connectivity index (χ4n) is 4.77. The van der Waals surface area contributed by atoms with Crippen LogP contribution in [-0.2, 0) is 0 Å². The van der Waals surface area contributed by atoms with Crippen molar-refractivity contribution in [3.8, 4) is 0 Å². The van der Waals surface area contributed by atoms with Crippen LogP contribution < -0.4 is 5.32 Å². The van der Waals surface area contributed by atoms with Crippen LogP contribution in [0.3, 0.4) is 0 Å². The normalized spacial score (nSPS) is 27.0. The van der Waals surface area contributed by atoms with Gasteiger partial charge in [-0.1, -0.05) is 49.6 Å². The minimum atomic E-state index is 0.226. The van der Waals surface area contributed by atoms with Gasteiger partial charge in [0.2, 0.25) is 0 Å². The third-order valence-electron chi connectivity index (χ3n) is 6.07. The van der Waals surface area contributed by atoms with Crippen molar-refractivity contribution in [1.29, 1.82) is 0 Å². The van der Waals surface area contributed by atoms with Crippen molar-refractivity contribution in [1.82, 2.24) is 15.1 Å². The zero-order chi connectivity index (χ0) is 16.4. The summed E-state index contributed by atoms with van der Waals surface area (Å²) in [6.07, 6.45) is 8.41. The number of hydrogen-bond acceptors (Lipinski definition) is 2. The SMILES string of the molecule is O=C1N(C2CCCCC2)C[C@@H](c2ccccc2)N1C1CCNCC1. The molecule has 0 radical (unpaired) electrons. The van der Waals surface area contributed by atoms with Crippen LogP contribution in [0.15, 0.2) is 30.3 Å². The van der Waals surface area contributed by atoms with Gasteiger partial charge < -0.3 is 15.1 Å². The fourth-order valence-corrected chi connectivity index (χ4v) is 4.77. The minimum Gasteiger partial charge on any atom is -0.319 e. The lowest BCUT2D eigenvalue weighted by molar-refractivity contribution is 0.139. The number of nitrogens with zero attached hydrogens (tertiary/aromatic N) is 2. The maximum Gasteiger partial charge on any atom is 0.321 e. The summed E-state index contributed by atoms with van der Waals surface area (Å²) in [6, 6.07) is 12.0. The summed E-state index contributed by atoms with van der Waals surface area (Å²) in [7, 11) is 0. The molecule has 1 aromatic carbocycles. The molecule has 0 spiro atoms. The first-order chi connectivity index (χ1) is 11.8. The molecule has 1 aliphatic carbocycles. The Bertz CT molecular complexity index is 549. The van der Waals surface area contributed by atoms with E-state index in [4.69, 9.17) is 0 Å². The van der Waals surface area contributed by atoms with Gasteiger partial charge in [0.05, 0.1) is 6.04 Å². The number of carbonyl (C=O) groups is 1. The van der Waals surface area contributed by atoms with Crippen molar-refractivity contribution < 1.29 is 4.79 Å². The van der Waals surface area contributed by atoms with E-state index in [0.717, 1.165) is 32.5 Å². The van der Waals surface area contributed by atoms with E-state index in [1.807, 2.05) is 0 Å². The zero-order valence-corrected chi connectivity index (χ0v) is 14.5. The number of amides is 2. The summed E-state index contributed by atoms with van der Waals surface area (Å²) >= 11 is 0. The van der Waals surface area contributed by atoms with E-state index in [1.54, 1.807) is 0 Å². The first-order valence-corrected chi connectivity index (χ1v) is 9.69. The molecule has 3 aliphatic rings. The van der Waals surface area contributed by atoms with E-state index in [1.165, 1.54) is 37.7 Å². The highest BCUT2D eigenvalue weighted by Crippen LogP contribution is 2.37. The molecule has 3 fully saturated rings. The maximum absolute atomic E-state index is 13.3. The Morgan fingerprint density at radius 1 is 0.875 bits per heavy atom. The predicted molar refractivity (Wildman–Crippen MR) is 95.9 cm³/mol. The van der Waals surface area contributed by atoms with Crippen molar-refractivity contribution in [2.75, 3.05) is 19.6 Å². The van der Waals surface area contributed by atoms with Crippen LogP contribution in [0.25, 0.3) is 0 Å². The summed E-state index contributed by atoms with van der Waals surface area (Å²) in [5.74, 6) is 0. The Balaban J connectivity index is 1.60. The minimum absolute atomic E-state index is 0.226. The molecule has 4 nitrogen and oxygen atoms in total. The fraction of sp³-hybridized carbons (Fsp3) is 0.650. The van der Waals surface area contributed by atoms with Crippen LogP contribution in [0.2, 0.25) is 0 Å². The molecular weight excluding hydrogens is 298 g/mol. The Kier molecular flexibility index (Phi) is 4.74. The molecule has 1 saturated carbocycles. The highest BCUT2D eigenvalue weighted by Gasteiger charge is 2.44. The van der Waals surface area contributed by atoms with E-state index in [0.29, 0.717) is 18.1 Å². The Hall–Kier alpha value is -1.55. The van der Waals surface area contributed by atoms with Crippen LogP contribution in [-0.4, -0.2) is 47.5 Å². The van der Waals surface area contributed by atoms with Crippen LogP contribution in [0.5, 0.6) is 0 Å². The Morgan fingerprint density at radius 2 is 1.58 bits per heavy atom. The molecule has 130 valence electrons. The van der Waals surface area contributed by atoms with Crippen LogP contribution in [0.1, 0.15) is 56.6 Å². The average Bonchev–Trinajstić information content (AvgIpc) is 3.01. The lowest BCUT2D eigenvalue weighted by atomic mass is 9.94. The number of carbonyl (C=O) groups excluding carboxylic acids is 1. The molecule has 4 rings (SSSR count). The van der Waals surface area contributed by atoms with E-state index in [-0.39, 0.29) is 6.04 Å². The van der Waals surface area contributed by atoms with Gasteiger partial charge in [-0.2, -0.15) is 0 Å². The van der Waals surface area contributed by atoms with E-state index < -0.39 is 0 Å². The van der Waals surface area contributed by atoms with E-state index in [2.05, 4.69) is 45.4 Å². The monoisotopic (exact) mass is 327 g/mol. The first-order valence-electron chi connectivity index (χ1n) is 9.69. The van der Waals surface area contributed by atoms with Gasteiger partial charge in [-0.25, -0.2) is 4.79 Å². The number of benzene rings is 1. The molecule has 2 heterocycles. The highest BCUT2D eigenvalue weighted by atomic mass is 16.2. The molecule has 4 heteroatoms. The van der Waals surface area contributed by atoms with Crippen LogP contribution in [0.4, 0.5) is 4.79 Å². The van der Waals surface area contributed by atoms with Crippen molar-refractivity contribution in [2.45, 2.75) is 63.1 Å². The molecule has 2 saturated heterocycles. The summed E-state index contributed by atoms with van der Waals surface area (Å²) in [6.45, 7) is 2.93. The predicted octanol–water partition coefficient (Wildman–Crippen LogP) is 3.55. The molecule has 2 aliphatic heterocycles. The van der Waals surface area contributed by atoms with E-state index >= 15 is 0 Å². The second kappa shape index (κ2) is 7.14. The van der Waals surface area contributed by atoms with Gasteiger partial charge in [-0.3, -0.25) is 0 Å². The topological polar surface area (TPSA) is 35.6 Å². The van der Waals surface area contributed by atoms with Gasteiger partial charge in [0.15, 0.2) is 0 Å². The maximum atomic E-state index is 13.3. The van der Waals surface area contributed by atoms with Gasteiger partial charge >= 0.3 is 6.03 Å². The smallest absolute Gasteiger partial charge is 0.319 e. The van der Waals surface area contributed by atoms with Gasteiger partial charge in [-0.15, -0.1) is 0 Å². The summed E-state index contributed by atoms with van der Waals surface area (Å²) in [4.78, 5) is 17.8. The Labute approximate surface area is 145 Å². The van der Waals surface area contributed by atoms with Crippen molar-refractivity contribution >= 4 is 6.03 Å². The van der Waals surface area contributed by atoms with E-state index in [9.17, 15) is 4.79 Å². The van der Waals surface area contributed by atoms with Gasteiger partial charge in [0.1, 0.15) is 0 Å². The standard InChI is InChI=1S/C20H29N3O/c24-20-22(17-9-5-2-6-10-17)15-19(16-7-3-1-4-8-16)23(20)18-11-13-21-14-12-18/h1,3-4,7-8,17-19,21H,2,5-6,9-15H2/t19-/m0/s1. The second-order valence-electron chi connectivity index (χ2n) is 7.54. The van der Waals surface area contributed by atoms with Gasteiger partial charge in [-0.05, 0) is 44.3 Å². The molecule has 1 atom stereocenters. The average molecular weight is 327 g/mol. The molecule has 2 amide bonds. The molecular formula is C20H29N3O. The number of urea groups is 1. The summed E-state index contributed by atoms with van der Waals surface area (Å²) in [5, 5.41) is 3.43. The molecule has 0 unspecified atom stereocenters. The zero-order valence-electron chi connectivity index (χ0n) is 14.5. The van der Waals surface area contributed by atoms with Gasteiger partial charge in [0, 0.05) is 18.6 Å². The molecule has 24 heavy (non-hydrogen) atoms.